The number of morpholine rings is 1. The van der Waals surface area contributed by atoms with Crippen LogP contribution in [0.25, 0.3) is 0 Å². The zero-order valence-corrected chi connectivity index (χ0v) is 12.9. The van der Waals surface area contributed by atoms with Crippen LogP contribution in [0.5, 0.6) is 0 Å². The van der Waals surface area contributed by atoms with E-state index in [9.17, 15) is 4.79 Å². The molecular weight excluding hydrogens is 288 g/mol. The lowest BCUT2D eigenvalue weighted by molar-refractivity contribution is -0.117. The number of nitrogens with one attached hydrogen (secondary N) is 1. The van der Waals surface area contributed by atoms with Crippen molar-refractivity contribution in [2.75, 3.05) is 31.6 Å². The number of carbonyl (C=O) groups is 1. The highest BCUT2D eigenvalue weighted by atomic mass is 32.1. The first-order valence-electron chi connectivity index (χ1n) is 6.97. The highest BCUT2D eigenvalue weighted by Gasteiger charge is 2.23. The maximum Gasteiger partial charge on any atom is 0.226 e. The lowest BCUT2D eigenvalue weighted by Crippen LogP contribution is -2.50. The number of nitriles is 1. The number of amides is 1. The average molecular weight is 308 g/mol. The molecule has 2 rings (SSSR count). The normalized spacial score (nSPS) is 20.7. The molecule has 1 fully saturated rings. The molecule has 7 heteroatoms. The van der Waals surface area contributed by atoms with Gasteiger partial charge in [-0.1, -0.05) is 0 Å². The molecule has 1 aromatic heterocycles. The number of nitrogens with zero attached hydrogens (tertiary/aromatic N) is 2. The average Bonchev–Trinajstić information content (AvgIpc) is 2.92. The van der Waals surface area contributed by atoms with Crippen LogP contribution in [-0.4, -0.2) is 49.2 Å². The summed E-state index contributed by atoms with van der Waals surface area (Å²) in [6, 6.07) is 3.75. The van der Waals surface area contributed by atoms with Gasteiger partial charge in [0.2, 0.25) is 5.91 Å². The number of carbonyl (C=O) groups excluding carboxylic acids is 1. The van der Waals surface area contributed by atoms with Crippen molar-refractivity contribution in [2.45, 2.75) is 25.5 Å². The molecule has 1 amide bonds. The Morgan fingerprint density at radius 3 is 3.29 bits per heavy atom. The predicted molar refractivity (Wildman–Crippen MR) is 82.1 cm³/mol. The summed E-state index contributed by atoms with van der Waals surface area (Å²) in [7, 11) is 0. The fourth-order valence-electron chi connectivity index (χ4n) is 2.20. The third kappa shape index (κ3) is 4.51. The van der Waals surface area contributed by atoms with Crippen LogP contribution in [0, 0.1) is 11.3 Å². The maximum atomic E-state index is 11.9. The molecule has 6 nitrogen and oxygen atoms in total. The molecule has 0 radical (unpaired) electrons. The molecule has 0 saturated carbocycles. The van der Waals surface area contributed by atoms with Crippen molar-refractivity contribution in [1.82, 2.24) is 4.90 Å². The Kier molecular flexibility index (Phi) is 5.70. The van der Waals surface area contributed by atoms with E-state index in [0.29, 0.717) is 30.1 Å². The van der Waals surface area contributed by atoms with Gasteiger partial charge in [0.25, 0.3) is 0 Å². The highest BCUT2D eigenvalue weighted by Crippen LogP contribution is 2.22. The second-order valence-corrected chi connectivity index (χ2v) is 6.06. The fourth-order valence-corrected chi connectivity index (χ4v) is 2.95. The van der Waals surface area contributed by atoms with Crippen LogP contribution in [0.4, 0.5) is 5.00 Å². The summed E-state index contributed by atoms with van der Waals surface area (Å²) >= 11 is 1.36. The Morgan fingerprint density at radius 2 is 2.57 bits per heavy atom. The summed E-state index contributed by atoms with van der Waals surface area (Å²) in [6.45, 7) is 4.83. The van der Waals surface area contributed by atoms with Gasteiger partial charge in [-0.05, 0) is 18.4 Å². The topological polar surface area (TPSA) is 91.4 Å². The second kappa shape index (κ2) is 7.52. The molecule has 2 unspecified atom stereocenters. The van der Waals surface area contributed by atoms with Gasteiger partial charge in [0.15, 0.2) is 0 Å². The standard InChI is InChI=1S/C14H20N4O2S/c1-10(16)12-9-18(5-6-20-12)4-2-13(19)17-14-11(8-15)3-7-21-14/h3,7,10,12H,2,4-6,9,16H2,1H3,(H,17,19). The van der Waals surface area contributed by atoms with E-state index in [4.69, 9.17) is 15.7 Å². The molecule has 0 aromatic carbocycles. The van der Waals surface area contributed by atoms with Crippen LogP contribution in [0.2, 0.25) is 0 Å². The molecule has 1 aliphatic heterocycles. The van der Waals surface area contributed by atoms with Crippen LogP contribution >= 0.6 is 11.3 Å². The number of hydrogen-bond donors (Lipinski definition) is 2. The minimum absolute atomic E-state index is 0.00840. The van der Waals surface area contributed by atoms with Crippen molar-refractivity contribution in [1.29, 1.82) is 5.26 Å². The van der Waals surface area contributed by atoms with Crippen LogP contribution in [0.1, 0.15) is 18.9 Å². The molecule has 0 aliphatic carbocycles. The van der Waals surface area contributed by atoms with Gasteiger partial charge in [0.05, 0.1) is 18.3 Å². The van der Waals surface area contributed by atoms with E-state index in [1.54, 1.807) is 11.4 Å². The van der Waals surface area contributed by atoms with E-state index in [0.717, 1.165) is 13.1 Å². The molecule has 0 bridgehead atoms. The van der Waals surface area contributed by atoms with Crippen molar-refractivity contribution in [2.24, 2.45) is 5.73 Å². The number of hydrogen-bond acceptors (Lipinski definition) is 6. The summed E-state index contributed by atoms with van der Waals surface area (Å²) in [6.07, 6.45) is 0.429. The lowest BCUT2D eigenvalue weighted by Gasteiger charge is -2.34. The van der Waals surface area contributed by atoms with Gasteiger partial charge in [-0.2, -0.15) is 5.26 Å². The minimum atomic E-state index is -0.0715. The van der Waals surface area contributed by atoms with Gasteiger partial charge in [-0.3, -0.25) is 9.69 Å². The van der Waals surface area contributed by atoms with Gasteiger partial charge in [-0.15, -0.1) is 11.3 Å². The Bertz CT molecular complexity index is 523. The van der Waals surface area contributed by atoms with Crippen molar-refractivity contribution >= 4 is 22.2 Å². The van der Waals surface area contributed by atoms with E-state index < -0.39 is 0 Å². The van der Waals surface area contributed by atoms with E-state index in [1.807, 2.05) is 6.92 Å². The number of rotatable bonds is 5. The molecule has 2 heterocycles. The predicted octanol–water partition coefficient (Wildman–Crippen LogP) is 0.996. The molecule has 3 N–H and O–H groups in total. The summed E-state index contributed by atoms with van der Waals surface area (Å²) < 4.78 is 5.59. The Balaban J connectivity index is 1.78. The maximum absolute atomic E-state index is 11.9. The van der Waals surface area contributed by atoms with Crippen LogP contribution in [0.3, 0.4) is 0 Å². The van der Waals surface area contributed by atoms with Gasteiger partial charge in [0.1, 0.15) is 11.1 Å². The quantitative estimate of drug-likeness (QED) is 0.846. The molecule has 21 heavy (non-hydrogen) atoms. The SMILES string of the molecule is CC(N)C1CN(CCC(=O)Nc2sccc2C#N)CCO1. The second-order valence-electron chi connectivity index (χ2n) is 5.14. The van der Waals surface area contributed by atoms with Gasteiger partial charge in [0, 0.05) is 32.1 Å². The number of nitrogens with two attached hydrogens (primary N) is 1. The first-order valence-corrected chi connectivity index (χ1v) is 7.85. The molecule has 1 aromatic rings. The summed E-state index contributed by atoms with van der Waals surface area (Å²) in [4.78, 5) is 14.1. The van der Waals surface area contributed by atoms with Crippen molar-refractivity contribution < 1.29 is 9.53 Å². The first kappa shape index (κ1) is 15.9. The third-order valence-corrected chi connectivity index (χ3v) is 4.29. The summed E-state index contributed by atoms with van der Waals surface area (Å²) in [5, 5.41) is 14.1. The largest absolute Gasteiger partial charge is 0.374 e. The Hall–Kier alpha value is -1.46. The highest BCUT2D eigenvalue weighted by molar-refractivity contribution is 7.14. The van der Waals surface area contributed by atoms with E-state index in [2.05, 4.69) is 16.3 Å². The van der Waals surface area contributed by atoms with Crippen molar-refractivity contribution in [3.8, 4) is 6.07 Å². The van der Waals surface area contributed by atoms with E-state index in [1.165, 1.54) is 11.3 Å². The monoisotopic (exact) mass is 308 g/mol. The Labute approximate surface area is 128 Å². The zero-order valence-electron chi connectivity index (χ0n) is 12.0. The fraction of sp³-hybridized carbons (Fsp3) is 0.571. The number of thiophene rings is 1. The lowest BCUT2D eigenvalue weighted by atomic mass is 10.1. The van der Waals surface area contributed by atoms with Gasteiger partial charge >= 0.3 is 0 Å². The van der Waals surface area contributed by atoms with Gasteiger partial charge < -0.3 is 15.8 Å². The minimum Gasteiger partial charge on any atom is -0.374 e. The van der Waals surface area contributed by atoms with Crippen molar-refractivity contribution in [3.63, 3.8) is 0 Å². The third-order valence-electron chi connectivity index (χ3n) is 3.46. The molecule has 114 valence electrons. The van der Waals surface area contributed by atoms with Crippen LogP contribution in [-0.2, 0) is 9.53 Å². The van der Waals surface area contributed by atoms with Crippen LogP contribution in [0.15, 0.2) is 11.4 Å². The first-order chi connectivity index (χ1) is 10.1. The van der Waals surface area contributed by atoms with Crippen LogP contribution < -0.4 is 11.1 Å². The molecular formula is C14H20N4O2S. The van der Waals surface area contributed by atoms with E-state index in [-0.39, 0.29) is 18.1 Å². The molecule has 1 saturated heterocycles. The summed E-state index contributed by atoms with van der Waals surface area (Å²) in [5.41, 5.74) is 6.36. The smallest absolute Gasteiger partial charge is 0.226 e. The van der Waals surface area contributed by atoms with Crippen molar-refractivity contribution in [3.05, 3.63) is 17.0 Å². The zero-order chi connectivity index (χ0) is 15.2. The van der Waals surface area contributed by atoms with E-state index >= 15 is 0 Å². The molecule has 0 spiro atoms. The summed E-state index contributed by atoms with van der Waals surface area (Å²) in [5.74, 6) is -0.0715. The van der Waals surface area contributed by atoms with Gasteiger partial charge in [-0.25, -0.2) is 0 Å². The number of ether oxygens (including phenoxy) is 1. The molecule has 1 aliphatic rings. The Morgan fingerprint density at radius 1 is 1.76 bits per heavy atom. The molecule has 2 atom stereocenters. The number of anilines is 1.